The summed E-state index contributed by atoms with van der Waals surface area (Å²) in [4.78, 5) is 34.8. The van der Waals surface area contributed by atoms with E-state index in [0.717, 1.165) is 17.5 Å². The molecule has 7 heteroatoms. The molecular formula is C26H26ClFO5. The van der Waals surface area contributed by atoms with Crippen molar-refractivity contribution in [3.63, 3.8) is 0 Å². The molecule has 1 unspecified atom stereocenters. The first kappa shape index (κ1) is 24.6. The van der Waals surface area contributed by atoms with Gasteiger partial charge in [0.2, 0.25) is 0 Å². The summed E-state index contributed by atoms with van der Waals surface area (Å²) in [6.07, 6.45) is 4.47. The molecule has 1 aliphatic rings. The summed E-state index contributed by atoms with van der Waals surface area (Å²) in [5.41, 5.74) is 1.98. The molecule has 1 saturated carbocycles. The molecule has 0 bridgehead atoms. The van der Waals surface area contributed by atoms with E-state index < -0.39 is 11.4 Å². The maximum absolute atomic E-state index is 13.6. The smallest absolute Gasteiger partial charge is 0.306 e. The summed E-state index contributed by atoms with van der Waals surface area (Å²) in [7, 11) is 0. The van der Waals surface area contributed by atoms with Gasteiger partial charge in [0.1, 0.15) is 11.6 Å². The highest BCUT2D eigenvalue weighted by atomic mass is 35.5. The van der Waals surface area contributed by atoms with Gasteiger partial charge >= 0.3 is 11.9 Å². The minimum Gasteiger partial charge on any atom is -0.481 e. The predicted molar refractivity (Wildman–Crippen MR) is 124 cm³/mol. The van der Waals surface area contributed by atoms with Crippen LogP contribution in [0.25, 0.3) is 11.1 Å². The van der Waals surface area contributed by atoms with E-state index in [1.54, 1.807) is 13.0 Å². The standard InChI is InChI=1S/C26H26ClFO5/c1-2-33-25(32)16-26(13-3-4-20(29)10-12-24(30)31)15-22(26)18-7-5-17(6-8-18)21-14-19(28)9-11-23(21)27/h3,5-9,11,13-14,22H,2,4,10,12,15-16H2,1H3,(H,30,31)/b13-3+/t22-,26?/m0/s1. The van der Waals surface area contributed by atoms with Crippen LogP contribution >= 0.6 is 11.6 Å². The Morgan fingerprint density at radius 3 is 2.58 bits per heavy atom. The number of carboxylic acid groups (broad SMARTS) is 1. The van der Waals surface area contributed by atoms with E-state index in [-0.39, 0.29) is 49.2 Å². The fraction of sp³-hybridized carbons (Fsp3) is 0.346. The van der Waals surface area contributed by atoms with Crippen molar-refractivity contribution in [1.82, 2.24) is 0 Å². The number of esters is 1. The van der Waals surface area contributed by atoms with Crippen LogP contribution in [0.3, 0.4) is 0 Å². The van der Waals surface area contributed by atoms with Crippen LogP contribution in [0, 0.1) is 11.2 Å². The molecular weight excluding hydrogens is 447 g/mol. The third-order valence-electron chi connectivity index (χ3n) is 5.86. The Balaban J connectivity index is 1.74. The number of carboxylic acids is 1. The molecule has 1 fully saturated rings. The van der Waals surface area contributed by atoms with Crippen LogP contribution in [-0.4, -0.2) is 29.4 Å². The number of Topliss-reactive ketones (excluding diaryl/α,β-unsaturated/α-hetero) is 1. The van der Waals surface area contributed by atoms with Crippen molar-refractivity contribution in [2.75, 3.05) is 6.61 Å². The van der Waals surface area contributed by atoms with Crippen molar-refractivity contribution >= 4 is 29.3 Å². The highest BCUT2D eigenvalue weighted by Crippen LogP contribution is 2.63. The highest BCUT2D eigenvalue weighted by molar-refractivity contribution is 6.33. The predicted octanol–water partition coefficient (Wildman–Crippen LogP) is 5.95. The molecule has 2 aromatic carbocycles. The van der Waals surface area contributed by atoms with Gasteiger partial charge in [0, 0.05) is 28.8 Å². The third-order valence-corrected chi connectivity index (χ3v) is 6.19. The lowest BCUT2D eigenvalue weighted by atomic mass is 9.93. The Morgan fingerprint density at radius 1 is 1.18 bits per heavy atom. The summed E-state index contributed by atoms with van der Waals surface area (Å²) < 4.78 is 18.8. The molecule has 33 heavy (non-hydrogen) atoms. The maximum atomic E-state index is 13.6. The zero-order valence-corrected chi connectivity index (χ0v) is 19.1. The first-order valence-electron chi connectivity index (χ1n) is 10.9. The Kier molecular flexibility index (Phi) is 8.03. The Morgan fingerprint density at radius 2 is 1.91 bits per heavy atom. The number of halogens is 2. The zero-order chi connectivity index (χ0) is 24.0. The van der Waals surface area contributed by atoms with E-state index in [2.05, 4.69) is 0 Å². The van der Waals surface area contributed by atoms with Gasteiger partial charge < -0.3 is 9.84 Å². The number of aliphatic carboxylic acids is 1. The Bertz CT molecular complexity index is 1060. The summed E-state index contributed by atoms with van der Waals surface area (Å²) in [6, 6.07) is 11.9. The average molecular weight is 473 g/mol. The van der Waals surface area contributed by atoms with Crippen LogP contribution < -0.4 is 0 Å². The number of allylic oxidation sites excluding steroid dienone is 2. The third kappa shape index (κ3) is 6.51. The lowest BCUT2D eigenvalue weighted by molar-refractivity contribution is -0.144. The van der Waals surface area contributed by atoms with Crippen molar-refractivity contribution in [3.8, 4) is 11.1 Å². The molecule has 0 saturated heterocycles. The molecule has 2 atom stereocenters. The molecule has 0 aromatic heterocycles. The van der Waals surface area contributed by atoms with E-state index in [1.807, 2.05) is 30.3 Å². The van der Waals surface area contributed by atoms with E-state index in [0.29, 0.717) is 17.2 Å². The number of carbonyl (C=O) groups excluding carboxylic acids is 2. The summed E-state index contributed by atoms with van der Waals surface area (Å²) >= 11 is 6.21. The van der Waals surface area contributed by atoms with Gasteiger partial charge in [-0.25, -0.2) is 4.39 Å². The average Bonchev–Trinajstić information content (AvgIpc) is 3.47. The normalized spacial score (nSPS) is 19.4. The number of ether oxygens (including phenoxy) is 1. The van der Waals surface area contributed by atoms with Crippen molar-refractivity contribution in [2.24, 2.45) is 5.41 Å². The second kappa shape index (κ2) is 10.8. The number of rotatable bonds is 11. The van der Waals surface area contributed by atoms with Crippen LogP contribution in [-0.2, 0) is 19.1 Å². The molecule has 0 amide bonds. The molecule has 2 aromatic rings. The van der Waals surface area contributed by atoms with E-state index in [9.17, 15) is 18.8 Å². The van der Waals surface area contributed by atoms with Crippen molar-refractivity contribution in [2.45, 2.75) is 44.9 Å². The van der Waals surface area contributed by atoms with Crippen LogP contribution in [0.15, 0.2) is 54.6 Å². The van der Waals surface area contributed by atoms with Gasteiger partial charge in [-0.1, -0.05) is 48.0 Å². The monoisotopic (exact) mass is 472 g/mol. The second-order valence-corrected chi connectivity index (χ2v) is 8.66. The van der Waals surface area contributed by atoms with Gasteiger partial charge in [-0.15, -0.1) is 0 Å². The fourth-order valence-corrected chi connectivity index (χ4v) is 4.30. The van der Waals surface area contributed by atoms with Gasteiger partial charge in [-0.05, 0) is 48.6 Å². The Hall–Kier alpha value is -2.99. The van der Waals surface area contributed by atoms with Gasteiger partial charge in [0.05, 0.1) is 19.4 Å². The van der Waals surface area contributed by atoms with Crippen molar-refractivity contribution < 1.29 is 28.6 Å². The SMILES string of the molecule is CCOC(=O)CC1(/C=C/CC(=O)CCC(=O)O)C[C@H]1c1ccc(-c2cc(F)ccc2Cl)cc1. The second-order valence-electron chi connectivity index (χ2n) is 8.26. The van der Waals surface area contributed by atoms with Crippen molar-refractivity contribution in [1.29, 1.82) is 0 Å². The fourth-order valence-electron chi connectivity index (χ4n) is 4.08. The number of hydrogen-bond acceptors (Lipinski definition) is 4. The maximum Gasteiger partial charge on any atom is 0.306 e. The zero-order valence-electron chi connectivity index (χ0n) is 18.4. The van der Waals surface area contributed by atoms with E-state index in [4.69, 9.17) is 21.4 Å². The molecule has 0 aliphatic heterocycles. The van der Waals surface area contributed by atoms with Gasteiger partial charge in [-0.2, -0.15) is 0 Å². The molecule has 174 valence electrons. The minimum atomic E-state index is -1.00. The molecule has 3 rings (SSSR count). The van der Waals surface area contributed by atoms with Gasteiger partial charge in [0.15, 0.2) is 0 Å². The van der Waals surface area contributed by atoms with Crippen LogP contribution in [0.4, 0.5) is 4.39 Å². The van der Waals surface area contributed by atoms with Gasteiger partial charge in [0.25, 0.3) is 0 Å². The highest BCUT2D eigenvalue weighted by Gasteiger charge is 2.54. The molecule has 5 nitrogen and oxygen atoms in total. The number of hydrogen-bond donors (Lipinski definition) is 1. The van der Waals surface area contributed by atoms with Crippen LogP contribution in [0.1, 0.15) is 50.5 Å². The molecule has 0 radical (unpaired) electrons. The summed E-state index contributed by atoms with van der Waals surface area (Å²) in [6.45, 7) is 2.04. The summed E-state index contributed by atoms with van der Waals surface area (Å²) in [5.74, 6) is -1.75. The lowest BCUT2D eigenvalue weighted by Crippen LogP contribution is -2.12. The Labute approximate surface area is 197 Å². The molecule has 1 N–H and O–H groups in total. The minimum absolute atomic E-state index is 0.0158. The van der Waals surface area contributed by atoms with E-state index in [1.165, 1.54) is 18.2 Å². The van der Waals surface area contributed by atoms with E-state index >= 15 is 0 Å². The molecule has 0 heterocycles. The first-order valence-corrected chi connectivity index (χ1v) is 11.2. The quantitative estimate of drug-likeness (QED) is 0.322. The number of ketones is 1. The molecule has 1 aliphatic carbocycles. The topological polar surface area (TPSA) is 80.7 Å². The number of benzene rings is 2. The molecule has 0 spiro atoms. The van der Waals surface area contributed by atoms with Gasteiger partial charge in [-0.3, -0.25) is 14.4 Å². The largest absolute Gasteiger partial charge is 0.481 e. The summed E-state index contributed by atoms with van der Waals surface area (Å²) in [5, 5.41) is 9.17. The van der Waals surface area contributed by atoms with Crippen molar-refractivity contribution in [3.05, 3.63) is 71.0 Å². The number of carbonyl (C=O) groups is 3. The lowest BCUT2D eigenvalue weighted by Gasteiger charge is -2.13. The van der Waals surface area contributed by atoms with Crippen LogP contribution in [0.5, 0.6) is 0 Å². The van der Waals surface area contributed by atoms with Crippen LogP contribution in [0.2, 0.25) is 5.02 Å². The first-order chi connectivity index (χ1) is 15.7.